The van der Waals surface area contributed by atoms with Crippen LogP contribution in [0.3, 0.4) is 0 Å². The van der Waals surface area contributed by atoms with E-state index >= 15 is 0 Å². The number of aryl methyl sites for hydroxylation is 1. The predicted octanol–water partition coefficient (Wildman–Crippen LogP) is 4.14. The summed E-state index contributed by atoms with van der Waals surface area (Å²) in [5, 5.41) is 7.92. The number of benzene rings is 1. The maximum absolute atomic E-state index is 12.7. The van der Waals surface area contributed by atoms with Gasteiger partial charge < -0.3 is 10.2 Å². The van der Waals surface area contributed by atoms with E-state index in [0.717, 1.165) is 29.1 Å². The highest BCUT2D eigenvalue weighted by atomic mass is 32.1. The van der Waals surface area contributed by atoms with E-state index in [1.165, 1.54) is 16.9 Å². The van der Waals surface area contributed by atoms with Crippen molar-refractivity contribution in [1.82, 2.24) is 15.2 Å². The lowest BCUT2D eigenvalue weighted by Gasteiger charge is -2.23. The Bertz CT molecular complexity index is 980. The van der Waals surface area contributed by atoms with Crippen LogP contribution in [0.4, 0.5) is 0 Å². The number of thiophene rings is 1. The summed E-state index contributed by atoms with van der Waals surface area (Å²) in [6.07, 6.45) is 2.26. The third-order valence-electron chi connectivity index (χ3n) is 5.08. The van der Waals surface area contributed by atoms with Crippen LogP contribution < -0.4 is 5.32 Å². The Morgan fingerprint density at radius 1 is 1.21 bits per heavy atom. The minimum absolute atomic E-state index is 0.0418. The standard InChI is InChI=1S/C22H23N3O2S2/c1-15-6-8-16(9-7-15)21-24-17(14-29-21)10-11-23-20(26)18-4-2-12-25(18)22(27)19-5-3-13-28-19/h3,5-9,13-14,18H,2,4,10-12H2,1H3,(H,23,26)/t18-/m0/s1. The third kappa shape index (κ3) is 4.57. The topological polar surface area (TPSA) is 62.3 Å². The lowest BCUT2D eigenvalue weighted by Crippen LogP contribution is -2.46. The molecule has 3 heterocycles. The zero-order valence-electron chi connectivity index (χ0n) is 16.3. The molecule has 0 aliphatic carbocycles. The van der Waals surface area contributed by atoms with Crippen molar-refractivity contribution in [2.75, 3.05) is 13.1 Å². The lowest BCUT2D eigenvalue weighted by molar-refractivity contribution is -0.124. The fourth-order valence-electron chi connectivity index (χ4n) is 3.51. The summed E-state index contributed by atoms with van der Waals surface area (Å²) in [5.41, 5.74) is 3.32. The van der Waals surface area contributed by atoms with Gasteiger partial charge in [-0.05, 0) is 31.2 Å². The molecule has 1 aromatic carbocycles. The van der Waals surface area contributed by atoms with Gasteiger partial charge in [0.15, 0.2) is 0 Å². The van der Waals surface area contributed by atoms with E-state index in [0.29, 0.717) is 24.4 Å². The Morgan fingerprint density at radius 3 is 2.79 bits per heavy atom. The number of carbonyl (C=O) groups is 2. The average molecular weight is 426 g/mol. The molecule has 0 unspecified atom stereocenters. The molecule has 1 fully saturated rings. The zero-order valence-corrected chi connectivity index (χ0v) is 17.9. The number of hydrogen-bond donors (Lipinski definition) is 1. The Kier molecular flexibility index (Phi) is 6.06. The highest BCUT2D eigenvalue weighted by Crippen LogP contribution is 2.24. The third-order valence-corrected chi connectivity index (χ3v) is 6.88. The van der Waals surface area contributed by atoms with Gasteiger partial charge in [0.2, 0.25) is 5.91 Å². The number of amides is 2. The van der Waals surface area contributed by atoms with E-state index in [9.17, 15) is 9.59 Å². The molecule has 5 nitrogen and oxygen atoms in total. The summed E-state index contributed by atoms with van der Waals surface area (Å²) < 4.78 is 0. The van der Waals surface area contributed by atoms with E-state index in [1.807, 2.05) is 22.9 Å². The smallest absolute Gasteiger partial charge is 0.264 e. The molecule has 2 aromatic heterocycles. The SMILES string of the molecule is Cc1ccc(-c2nc(CCNC(=O)[C@@H]3CCCN3C(=O)c3cccs3)cs2)cc1. The summed E-state index contributed by atoms with van der Waals surface area (Å²) in [4.78, 5) is 32.4. The van der Waals surface area contributed by atoms with E-state index < -0.39 is 0 Å². The maximum atomic E-state index is 12.7. The second-order valence-electron chi connectivity index (χ2n) is 7.18. The average Bonchev–Trinajstić information content (AvgIpc) is 3.48. The fourth-order valence-corrected chi connectivity index (χ4v) is 5.05. The quantitative estimate of drug-likeness (QED) is 0.646. The van der Waals surface area contributed by atoms with Gasteiger partial charge in [0.05, 0.1) is 10.6 Å². The van der Waals surface area contributed by atoms with E-state index in [4.69, 9.17) is 0 Å². The van der Waals surface area contributed by atoms with Crippen molar-refractivity contribution in [1.29, 1.82) is 0 Å². The highest BCUT2D eigenvalue weighted by molar-refractivity contribution is 7.13. The Morgan fingerprint density at radius 2 is 2.03 bits per heavy atom. The molecule has 1 saturated heterocycles. The first-order valence-electron chi connectivity index (χ1n) is 9.75. The monoisotopic (exact) mass is 425 g/mol. The number of nitrogens with zero attached hydrogens (tertiary/aromatic N) is 2. The normalized spacial score (nSPS) is 16.2. The van der Waals surface area contributed by atoms with Gasteiger partial charge in [-0.25, -0.2) is 4.98 Å². The van der Waals surface area contributed by atoms with Crippen LogP contribution in [-0.4, -0.2) is 40.8 Å². The predicted molar refractivity (Wildman–Crippen MR) is 117 cm³/mol. The largest absolute Gasteiger partial charge is 0.354 e. The molecular weight excluding hydrogens is 402 g/mol. The van der Waals surface area contributed by atoms with E-state index in [1.54, 1.807) is 16.2 Å². The molecule has 2 amide bonds. The van der Waals surface area contributed by atoms with E-state index in [-0.39, 0.29) is 17.9 Å². The number of carbonyl (C=O) groups excluding carboxylic acids is 2. The molecule has 150 valence electrons. The van der Waals surface area contributed by atoms with Crippen LogP contribution in [0.25, 0.3) is 10.6 Å². The summed E-state index contributed by atoms with van der Waals surface area (Å²) >= 11 is 3.04. The maximum Gasteiger partial charge on any atom is 0.264 e. The van der Waals surface area contributed by atoms with Crippen LogP contribution in [0.5, 0.6) is 0 Å². The summed E-state index contributed by atoms with van der Waals surface area (Å²) in [5.74, 6) is -0.110. The Hall–Kier alpha value is -2.51. The van der Waals surface area contributed by atoms with Crippen molar-refractivity contribution in [3.63, 3.8) is 0 Å². The molecule has 0 radical (unpaired) electrons. The number of hydrogen-bond acceptors (Lipinski definition) is 5. The molecule has 0 saturated carbocycles. The molecule has 1 aliphatic rings. The van der Waals surface area contributed by atoms with Crippen molar-refractivity contribution >= 4 is 34.5 Å². The molecule has 1 aliphatic heterocycles. The molecule has 4 rings (SSSR count). The van der Waals surface area contributed by atoms with Gasteiger partial charge in [-0.3, -0.25) is 9.59 Å². The first kappa shape index (κ1) is 19.8. The lowest BCUT2D eigenvalue weighted by atomic mass is 10.2. The number of aromatic nitrogens is 1. The fraction of sp³-hybridized carbons (Fsp3) is 0.318. The number of thiazole rings is 1. The molecule has 0 bridgehead atoms. The Labute approximate surface area is 178 Å². The van der Waals surface area contributed by atoms with Gasteiger partial charge in [-0.1, -0.05) is 35.9 Å². The number of rotatable bonds is 6. The molecule has 3 aromatic rings. The van der Waals surface area contributed by atoms with Gasteiger partial charge in [-0.2, -0.15) is 0 Å². The molecular formula is C22H23N3O2S2. The van der Waals surface area contributed by atoms with Gasteiger partial charge >= 0.3 is 0 Å². The van der Waals surface area contributed by atoms with Crippen molar-refractivity contribution in [3.8, 4) is 10.6 Å². The molecule has 0 spiro atoms. The molecule has 7 heteroatoms. The molecule has 1 atom stereocenters. The first-order chi connectivity index (χ1) is 14.1. The first-order valence-corrected chi connectivity index (χ1v) is 11.5. The van der Waals surface area contributed by atoms with Gasteiger partial charge in [0.1, 0.15) is 11.0 Å². The van der Waals surface area contributed by atoms with E-state index in [2.05, 4.69) is 41.5 Å². The second kappa shape index (κ2) is 8.88. The summed E-state index contributed by atoms with van der Waals surface area (Å²) in [6, 6.07) is 11.6. The molecule has 1 N–H and O–H groups in total. The van der Waals surface area contributed by atoms with Crippen molar-refractivity contribution < 1.29 is 9.59 Å². The van der Waals surface area contributed by atoms with Crippen LogP contribution in [0.1, 0.15) is 33.8 Å². The minimum atomic E-state index is -0.372. The van der Waals surface area contributed by atoms with Crippen LogP contribution in [-0.2, 0) is 11.2 Å². The summed E-state index contributed by atoms with van der Waals surface area (Å²) in [7, 11) is 0. The van der Waals surface area contributed by atoms with Crippen LogP contribution in [0.2, 0.25) is 0 Å². The molecule has 29 heavy (non-hydrogen) atoms. The van der Waals surface area contributed by atoms with Crippen LogP contribution in [0, 0.1) is 6.92 Å². The van der Waals surface area contributed by atoms with Crippen molar-refractivity contribution in [2.24, 2.45) is 0 Å². The van der Waals surface area contributed by atoms with Crippen molar-refractivity contribution in [3.05, 3.63) is 63.3 Å². The number of likely N-dealkylation sites (tertiary alicyclic amines) is 1. The minimum Gasteiger partial charge on any atom is -0.354 e. The zero-order chi connectivity index (χ0) is 20.2. The van der Waals surface area contributed by atoms with Gasteiger partial charge in [-0.15, -0.1) is 22.7 Å². The highest BCUT2D eigenvalue weighted by Gasteiger charge is 2.34. The Balaban J connectivity index is 1.31. The van der Waals surface area contributed by atoms with Gasteiger partial charge in [0.25, 0.3) is 5.91 Å². The van der Waals surface area contributed by atoms with Gasteiger partial charge in [0, 0.05) is 30.5 Å². The summed E-state index contributed by atoms with van der Waals surface area (Å²) in [6.45, 7) is 3.23. The van der Waals surface area contributed by atoms with Crippen LogP contribution >= 0.6 is 22.7 Å². The number of nitrogens with one attached hydrogen (secondary N) is 1. The van der Waals surface area contributed by atoms with Crippen LogP contribution in [0.15, 0.2) is 47.2 Å². The van der Waals surface area contributed by atoms with Crippen molar-refractivity contribution in [2.45, 2.75) is 32.2 Å². The second-order valence-corrected chi connectivity index (χ2v) is 8.99.